The van der Waals surface area contributed by atoms with Crippen LogP contribution in [0.4, 0.5) is 19.1 Å². The summed E-state index contributed by atoms with van der Waals surface area (Å²) in [6.07, 6.45) is 2.65. The zero-order valence-corrected chi connectivity index (χ0v) is 13.9. The van der Waals surface area contributed by atoms with Crippen molar-refractivity contribution in [2.24, 2.45) is 0 Å². The van der Waals surface area contributed by atoms with E-state index in [9.17, 15) is 18.0 Å². The van der Waals surface area contributed by atoms with Crippen LogP contribution in [-0.4, -0.2) is 22.0 Å². The summed E-state index contributed by atoms with van der Waals surface area (Å²) in [4.78, 5) is 18.1. The summed E-state index contributed by atoms with van der Waals surface area (Å²) >= 11 is 0. The van der Waals surface area contributed by atoms with Crippen LogP contribution in [0.3, 0.4) is 0 Å². The fraction of sp³-hybridized carbons (Fsp3) is 0.444. The van der Waals surface area contributed by atoms with Gasteiger partial charge in [0.2, 0.25) is 11.9 Å². The number of amides is 1. The van der Waals surface area contributed by atoms with E-state index in [4.69, 9.17) is 0 Å². The molecule has 2 heterocycles. The molecule has 132 valence electrons. The number of halogens is 3. The van der Waals surface area contributed by atoms with Crippen LogP contribution in [0.2, 0.25) is 0 Å². The van der Waals surface area contributed by atoms with Crippen LogP contribution in [0.15, 0.2) is 12.1 Å². The van der Waals surface area contributed by atoms with Crippen LogP contribution >= 0.6 is 0 Å². The number of carbonyl (C=O) groups is 1. The highest BCUT2D eigenvalue weighted by Crippen LogP contribution is 2.37. The van der Waals surface area contributed by atoms with Crippen LogP contribution < -0.4 is 4.90 Å². The molecule has 0 radical (unpaired) electrons. The summed E-state index contributed by atoms with van der Waals surface area (Å²) in [7, 11) is 0. The lowest BCUT2D eigenvalue weighted by Gasteiger charge is -2.28. The van der Waals surface area contributed by atoms with Crippen molar-refractivity contribution in [3.63, 3.8) is 0 Å². The van der Waals surface area contributed by atoms with E-state index in [1.165, 1.54) is 6.92 Å². The molecule has 0 unspecified atom stereocenters. The third-order valence-corrected chi connectivity index (χ3v) is 5.17. The van der Waals surface area contributed by atoms with E-state index in [0.717, 1.165) is 30.4 Å². The second kappa shape index (κ2) is 5.89. The minimum Gasteiger partial charge on any atom is -0.314 e. The van der Waals surface area contributed by atoms with E-state index in [1.54, 1.807) is 4.90 Å². The van der Waals surface area contributed by atoms with Crippen LogP contribution in [-0.2, 0) is 24.2 Å². The molecule has 1 amide bonds. The van der Waals surface area contributed by atoms with Crippen molar-refractivity contribution in [1.82, 2.24) is 9.55 Å². The lowest BCUT2D eigenvalue weighted by atomic mass is 9.84. The van der Waals surface area contributed by atoms with Gasteiger partial charge < -0.3 is 4.57 Å². The Morgan fingerprint density at radius 2 is 1.92 bits per heavy atom. The molecular formula is C18H18F3N3O. The van der Waals surface area contributed by atoms with Crippen molar-refractivity contribution >= 4 is 11.9 Å². The van der Waals surface area contributed by atoms with Gasteiger partial charge in [0, 0.05) is 31.8 Å². The fourth-order valence-corrected chi connectivity index (χ4v) is 3.95. The number of rotatable bonds is 1. The number of anilines is 1. The first-order chi connectivity index (χ1) is 12.0. The van der Waals surface area contributed by atoms with Gasteiger partial charge in [-0.2, -0.15) is 0 Å². The predicted molar refractivity (Wildman–Crippen MR) is 86.0 cm³/mol. The number of fused-ring (bicyclic) bond motifs is 3. The Morgan fingerprint density at radius 1 is 1.16 bits per heavy atom. The van der Waals surface area contributed by atoms with Crippen LogP contribution in [0, 0.1) is 17.5 Å². The molecule has 0 N–H and O–H groups in total. The minimum atomic E-state index is -1.17. The normalized spacial score (nSPS) is 19.5. The molecule has 0 bridgehead atoms. The highest BCUT2D eigenvalue weighted by Gasteiger charge is 2.32. The van der Waals surface area contributed by atoms with Gasteiger partial charge in [0.15, 0.2) is 11.6 Å². The molecule has 1 aromatic carbocycles. The van der Waals surface area contributed by atoms with E-state index in [0.29, 0.717) is 37.8 Å². The Hall–Kier alpha value is -2.31. The Labute approximate surface area is 143 Å². The minimum absolute atomic E-state index is 0.0495. The van der Waals surface area contributed by atoms with Crippen LogP contribution in [0.1, 0.15) is 42.6 Å². The quantitative estimate of drug-likeness (QED) is 0.741. The Bertz CT molecular complexity index is 862. The summed E-state index contributed by atoms with van der Waals surface area (Å²) in [5.41, 5.74) is 2.09. The Morgan fingerprint density at radius 3 is 2.68 bits per heavy atom. The topological polar surface area (TPSA) is 38.1 Å². The first kappa shape index (κ1) is 16.2. The molecule has 2 aliphatic rings. The number of nitrogens with zero attached hydrogens (tertiary/aromatic N) is 3. The number of imidazole rings is 1. The first-order valence-electron chi connectivity index (χ1n) is 8.46. The molecule has 2 aromatic rings. The average molecular weight is 349 g/mol. The zero-order valence-electron chi connectivity index (χ0n) is 13.9. The second-order valence-corrected chi connectivity index (χ2v) is 6.71. The largest absolute Gasteiger partial charge is 0.314 e. The van der Waals surface area contributed by atoms with Gasteiger partial charge in [0.05, 0.1) is 5.69 Å². The number of carbonyl (C=O) groups excluding carboxylic acids is 1. The van der Waals surface area contributed by atoms with Gasteiger partial charge in [-0.05, 0) is 43.2 Å². The summed E-state index contributed by atoms with van der Waals surface area (Å²) < 4.78 is 42.9. The van der Waals surface area contributed by atoms with Crippen molar-refractivity contribution < 1.29 is 18.0 Å². The highest BCUT2D eigenvalue weighted by atomic mass is 19.2. The summed E-state index contributed by atoms with van der Waals surface area (Å²) in [6.45, 7) is 2.97. The maximum Gasteiger partial charge on any atom is 0.226 e. The van der Waals surface area contributed by atoms with Gasteiger partial charge in [0.1, 0.15) is 5.82 Å². The van der Waals surface area contributed by atoms with Crippen molar-refractivity contribution in [2.75, 3.05) is 11.4 Å². The Kier molecular flexibility index (Phi) is 3.81. The van der Waals surface area contributed by atoms with Crippen molar-refractivity contribution in [3.8, 4) is 0 Å². The number of hydrogen-bond donors (Lipinski definition) is 0. The molecule has 1 aliphatic carbocycles. The van der Waals surface area contributed by atoms with Crippen LogP contribution in [0.25, 0.3) is 0 Å². The molecule has 1 aromatic heterocycles. The molecule has 0 fully saturated rings. The number of benzene rings is 1. The van der Waals surface area contributed by atoms with E-state index >= 15 is 0 Å². The molecule has 1 atom stereocenters. The third kappa shape index (κ3) is 2.62. The zero-order chi connectivity index (χ0) is 17.7. The van der Waals surface area contributed by atoms with E-state index in [-0.39, 0.29) is 17.4 Å². The standard InChI is InChI=1S/C18H18F3N3O/c1-10(25)23-5-2-6-24-17-4-3-11(7-16(17)22-18(23)24)12-8-14(20)15(21)9-13(12)19/h8-9,11H,2-7H2,1H3/t11-/m1/s1. The maximum atomic E-state index is 14.1. The lowest BCUT2D eigenvalue weighted by Crippen LogP contribution is -2.36. The van der Waals surface area contributed by atoms with Gasteiger partial charge in [-0.3, -0.25) is 9.69 Å². The molecule has 7 heteroatoms. The lowest BCUT2D eigenvalue weighted by molar-refractivity contribution is -0.116. The van der Waals surface area contributed by atoms with Gasteiger partial charge in [-0.25, -0.2) is 18.2 Å². The van der Waals surface area contributed by atoms with Gasteiger partial charge in [0.25, 0.3) is 0 Å². The Balaban J connectivity index is 1.69. The monoisotopic (exact) mass is 349 g/mol. The van der Waals surface area contributed by atoms with Gasteiger partial charge >= 0.3 is 0 Å². The molecule has 4 nitrogen and oxygen atoms in total. The smallest absolute Gasteiger partial charge is 0.226 e. The molecule has 0 saturated heterocycles. The van der Waals surface area contributed by atoms with Crippen molar-refractivity contribution in [2.45, 2.75) is 45.1 Å². The summed E-state index contributed by atoms with van der Waals surface area (Å²) in [5.74, 6) is -2.57. The van der Waals surface area contributed by atoms with Gasteiger partial charge in [-0.15, -0.1) is 0 Å². The molecule has 4 rings (SSSR count). The van der Waals surface area contributed by atoms with Crippen LogP contribution in [0.5, 0.6) is 0 Å². The molecule has 0 spiro atoms. The highest BCUT2D eigenvalue weighted by molar-refractivity contribution is 5.90. The number of hydrogen-bond acceptors (Lipinski definition) is 2. The average Bonchev–Trinajstić information content (AvgIpc) is 2.95. The van der Waals surface area contributed by atoms with E-state index < -0.39 is 17.5 Å². The molecule has 0 saturated carbocycles. The van der Waals surface area contributed by atoms with Gasteiger partial charge in [-0.1, -0.05) is 0 Å². The number of aromatic nitrogens is 2. The van der Waals surface area contributed by atoms with E-state index in [2.05, 4.69) is 9.55 Å². The van der Waals surface area contributed by atoms with E-state index in [1.807, 2.05) is 0 Å². The SMILES string of the molecule is CC(=O)N1CCCn2c1nc1c2CC[C@@H](c2cc(F)c(F)cc2F)C1. The molecule has 25 heavy (non-hydrogen) atoms. The van der Waals surface area contributed by atoms with Crippen molar-refractivity contribution in [1.29, 1.82) is 0 Å². The first-order valence-corrected chi connectivity index (χ1v) is 8.46. The third-order valence-electron chi connectivity index (χ3n) is 5.17. The molecule has 1 aliphatic heterocycles. The summed E-state index contributed by atoms with van der Waals surface area (Å²) in [5, 5.41) is 0. The second-order valence-electron chi connectivity index (χ2n) is 6.71. The van der Waals surface area contributed by atoms with Crippen molar-refractivity contribution in [3.05, 3.63) is 46.5 Å². The molecular weight excluding hydrogens is 331 g/mol. The summed E-state index contributed by atoms with van der Waals surface area (Å²) in [6, 6.07) is 1.56. The predicted octanol–water partition coefficient (Wildman–Crippen LogP) is 3.33. The maximum absolute atomic E-state index is 14.1. The fourth-order valence-electron chi connectivity index (χ4n) is 3.95.